The first kappa shape index (κ1) is 36.9. The van der Waals surface area contributed by atoms with Crippen molar-refractivity contribution in [3.63, 3.8) is 0 Å². The van der Waals surface area contributed by atoms with E-state index in [1.807, 2.05) is 66.7 Å². The van der Waals surface area contributed by atoms with E-state index in [9.17, 15) is 19.5 Å². The van der Waals surface area contributed by atoms with Crippen LogP contribution in [0.3, 0.4) is 0 Å². The van der Waals surface area contributed by atoms with Crippen LogP contribution in [-0.4, -0.2) is 54.0 Å². The molecule has 0 spiro atoms. The SMILES string of the molecule is CC[C@H](c1ccccc1)N1Cc2cc3c(cc2C[C@H]1C(=O)NC(Cc1ccc(-c2ccc(C#N)cc2)cc1)C(=O)OC)N(C)C(=O)[C@H](c1ccc(O)cc1)O3. The lowest BCUT2D eigenvalue weighted by atomic mass is 9.88. The van der Waals surface area contributed by atoms with Gasteiger partial charge >= 0.3 is 5.97 Å². The predicted molar refractivity (Wildman–Crippen MR) is 208 cm³/mol. The van der Waals surface area contributed by atoms with Crippen molar-refractivity contribution in [2.75, 3.05) is 19.1 Å². The maximum absolute atomic E-state index is 14.5. The highest BCUT2D eigenvalue weighted by Gasteiger charge is 2.40. The average molecular weight is 735 g/mol. The van der Waals surface area contributed by atoms with Crippen LogP contribution in [0.5, 0.6) is 11.5 Å². The number of anilines is 1. The first-order valence-corrected chi connectivity index (χ1v) is 18.3. The number of hydrogen-bond acceptors (Lipinski definition) is 8. The number of hydrogen-bond donors (Lipinski definition) is 2. The number of phenolic OH excluding ortho intramolecular Hbond substituents is 1. The number of fused-ring (bicyclic) bond motifs is 2. The summed E-state index contributed by atoms with van der Waals surface area (Å²) in [6, 6.07) is 36.0. The van der Waals surface area contributed by atoms with Gasteiger partial charge in [0.05, 0.1) is 30.5 Å². The number of nitrogens with one attached hydrogen (secondary N) is 1. The van der Waals surface area contributed by atoms with Crippen molar-refractivity contribution in [2.45, 2.75) is 57.0 Å². The van der Waals surface area contributed by atoms with Crippen molar-refractivity contribution in [1.82, 2.24) is 10.2 Å². The van der Waals surface area contributed by atoms with Crippen molar-refractivity contribution in [2.24, 2.45) is 0 Å². The Morgan fingerprint density at radius 1 is 0.945 bits per heavy atom. The van der Waals surface area contributed by atoms with Crippen molar-refractivity contribution in [3.05, 3.63) is 149 Å². The number of nitriles is 1. The summed E-state index contributed by atoms with van der Waals surface area (Å²) in [6.45, 7) is 2.53. The average Bonchev–Trinajstić information content (AvgIpc) is 3.22. The molecule has 2 heterocycles. The van der Waals surface area contributed by atoms with E-state index in [-0.39, 0.29) is 30.0 Å². The van der Waals surface area contributed by atoms with Crippen LogP contribution in [0.4, 0.5) is 5.69 Å². The Morgan fingerprint density at radius 2 is 1.62 bits per heavy atom. The molecule has 2 N–H and O–H groups in total. The molecule has 10 heteroatoms. The minimum atomic E-state index is -0.934. The van der Waals surface area contributed by atoms with Crippen molar-refractivity contribution in [3.8, 4) is 28.7 Å². The summed E-state index contributed by atoms with van der Waals surface area (Å²) in [4.78, 5) is 45.0. The lowest BCUT2D eigenvalue weighted by Gasteiger charge is -2.42. The normalized spacial score (nSPS) is 17.5. The van der Waals surface area contributed by atoms with Crippen LogP contribution in [0.15, 0.2) is 115 Å². The number of carbonyl (C=O) groups excluding carboxylic acids is 3. The van der Waals surface area contributed by atoms with Gasteiger partial charge in [0.1, 0.15) is 17.5 Å². The van der Waals surface area contributed by atoms with Crippen molar-refractivity contribution < 1.29 is 29.0 Å². The standard InChI is InChI=1S/C45H42N4O6/c1-4-38(32-8-6-5-7-9-32)49-27-35-25-41-39(48(2)44(52)42(55-41)33-18-20-36(50)21-19-33)23-34(35)24-40(49)43(51)47-37(45(53)54-3)22-28-10-14-30(15-11-28)31-16-12-29(26-46)13-17-31/h5-21,23,25,37-38,40,42,50H,4,22,24,27H2,1-3H3,(H,47,51)/t37?,38-,40+,42+/m1/s1. The van der Waals surface area contributed by atoms with Gasteiger partial charge in [-0.15, -0.1) is 0 Å². The predicted octanol–water partition coefficient (Wildman–Crippen LogP) is 6.81. The summed E-state index contributed by atoms with van der Waals surface area (Å²) in [7, 11) is 3.03. The van der Waals surface area contributed by atoms with Crippen molar-refractivity contribution in [1.29, 1.82) is 5.26 Å². The smallest absolute Gasteiger partial charge is 0.328 e. The Balaban J connectivity index is 1.17. The molecule has 0 radical (unpaired) electrons. The first-order valence-electron chi connectivity index (χ1n) is 18.3. The summed E-state index contributed by atoms with van der Waals surface area (Å²) in [5.41, 5.74) is 7.57. The zero-order valence-corrected chi connectivity index (χ0v) is 30.9. The van der Waals surface area contributed by atoms with Crippen LogP contribution in [-0.2, 0) is 38.5 Å². The van der Waals surface area contributed by atoms with E-state index < -0.39 is 24.2 Å². The first-order chi connectivity index (χ1) is 26.7. The molecule has 2 aliphatic rings. The van der Waals surface area contributed by atoms with Crippen LogP contribution >= 0.6 is 0 Å². The molecule has 7 rings (SSSR count). The van der Waals surface area contributed by atoms with E-state index >= 15 is 0 Å². The fraction of sp³-hybridized carbons (Fsp3) is 0.244. The molecule has 10 nitrogen and oxygen atoms in total. The third kappa shape index (κ3) is 7.66. The van der Waals surface area contributed by atoms with Crippen LogP contribution in [0.2, 0.25) is 0 Å². The molecule has 5 aromatic carbocycles. The number of carbonyl (C=O) groups is 3. The number of methoxy groups -OCH3 is 1. The molecule has 0 aliphatic carbocycles. The minimum Gasteiger partial charge on any atom is -0.508 e. The number of amides is 2. The number of benzene rings is 5. The molecule has 0 saturated heterocycles. The van der Waals surface area contributed by atoms with Gasteiger partial charge in [-0.25, -0.2) is 4.79 Å². The lowest BCUT2D eigenvalue weighted by molar-refractivity contribution is -0.146. The molecule has 278 valence electrons. The molecular weight excluding hydrogens is 693 g/mol. The molecule has 5 aromatic rings. The van der Waals surface area contributed by atoms with Gasteiger partial charge in [0.2, 0.25) is 12.0 Å². The monoisotopic (exact) mass is 734 g/mol. The summed E-state index contributed by atoms with van der Waals surface area (Å²) in [6.07, 6.45) is 0.431. The molecule has 0 bridgehead atoms. The van der Waals surface area contributed by atoms with E-state index in [2.05, 4.69) is 35.3 Å². The van der Waals surface area contributed by atoms with Gasteiger partial charge in [0.15, 0.2) is 0 Å². The fourth-order valence-corrected chi connectivity index (χ4v) is 7.63. The third-order valence-corrected chi connectivity index (χ3v) is 10.6. The Hall–Kier alpha value is -6.44. The number of rotatable bonds is 10. The molecule has 0 fully saturated rings. The second-order valence-corrected chi connectivity index (χ2v) is 14.0. The van der Waals surface area contributed by atoms with Crippen LogP contribution in [0.25, 0.3) is 11.1 Å². The number of nitrogens with zero attached hydrogens (tertiary/aromatic N) is 3. The second-order valence-electron chi connectivity index (χ2n) is 14.0. The lowest BCUT2D eigenvalue weighted by Crippen LogP contribution is -2.55. The van der Waals surface area contributed by atoms with Gasteiger partial charge in [0, 0.05) is 31.6 Å². The summed E-state index contributed by atoms with van der Waals surface area (Å²) < 4.78 is 11.5. The fourth-order valence-electron chi connectivity index (χ4n) is 7.63. The van der Waals surface area contributed by atoms with Gasteiger partial charge in [0.25, 0.3) is 5.91 Å². The number of aromatic hydroxyl groups is 1. The van der Waals surface area contributed by atoms with Crippen LogP contribution in [0.1, 0.15) is 58.9 Å². The molecule has 4 atom stereocenters. The van der Waals surface area contributed by atoms with Gasteiger partial charge < -0.3 is 24.8 Å². The topological polar surface area (TPSA) is 132 Å². The molecule has 2 aliphatic heterocycles. The zero-order chi connectivity index (χ0) is 38.6. The second kappa shape index (κ2) is 15.9. The Bertz CT molecular complexity index is 2230. The number of esters is 1. The molecule has 0 aromatic heterocycles. The highest BCUT2D eigenvalue weighted by molar-refractivity contribution is 6.00. The largest absolute Gasteiger partial charge is 0.508 e. The van der Waals surface area contributed by atoms with Gasteiger partial charge in [-0.05, 0) is 82.6 Å². The van der Waals surface area contributed by atoms with Crippen LogP contribution < -0.4 is 15.0 Å². The van der Waals surface area contributed by atoms with Gasteiger partial charge in [-0.3, -0.25) is 14.5 Å². The third-order valence-electron chi connectivity index (χ3n) is 10.6. The summed E-state index contributed by atoms with van der Waals surface area (Å²) in [5, 5.41) is 22.0. The minimum absolute atomic E-state index is 0.102. The van der Waals surface area contributed by atoms with Gasteiger partial charge in [-0.1, -0.05) is 85.8 Å². The zero-order valence-electron chi connectivity index (χ0n) is 30.9. The number of phenols is 1. The Labute approximate surface area is 320 Å². The molecule has 55 heavy (non-hydrogen) atoms. The Morgan fingerprint density at radius 3 is 2.25 bits per heavy atom. The quantitative estimate of drug-likeness (QED) is 0.150. The van der Waals surface area contributed by atoms with E-state index in [1.165, 1.54) is 19.2 Å². The van der Waals surface area contributed by atoms with E-state index in [4.69, 9.17) is 14.7 Å². The number of likely N-dealkylation sites (N-methyl/N-ethyl adjacent to an activating group) is 1. The maximum Gasteiger partial charge on any atom is 0.328 e. The van der Waals surface area contributed by atoms with Gasteiger partial charge in [-0.2, -0.15) is 5.26 Å². The maximum atomic E-state index is 14.5. The van der Waals surface area contributed by atoms with E-state index in [0.29, 0.717) is 35.5 Å². The summed E-state index contributed by atoms with van der Waals surface area (Å²) >= 11 is 0. The molecule has 2 amide bonds. The molecule has 1 unspecified atom stereocenters. The van der Waals surface area contributed by atoms with Crippen molar-refractivity contribution >= 4 is 23.5 Å². The van der Waals surface area contributed by atoms with Crippen LogP contribution in [0, 0.1) is 11.3 Å². The van der Waals surface area contributed by atoms with E-state index in [1.54, 1.807) is 36.2 Å². The number of ether oxygens (including phenoxy) is 2. The molecule has 0 saturated carbocycles. The van der Waals surface area contributed by atoms with E-state index in [0.717, 1.165) is 39.8 Å². The highest BCUT2D eigenvalue weighted by Crippen LogP contribution is 2.43. The molecular formula is C45H42N4O6. The highest BCUT2D eigenvalue weighted by atomic mass is 16.5. The summed E-state index contributed by atoms with van der Waals surface area (Å²) in [5.74, 6) is -0.422. The Kier molecular flexibility index (Phi) is 10.7.